The van der Waals surface area contributed by atoms with Gasteiger partial charge in [0.1, 0.15) is 23.1 Å². The van der Waals surface area contributed by atoms with Gasteiger partial charge in [0.15, 0.2) is 6.10 Å². The highest BCUT2D eigenvalue weighted by atomic mass is 19.1. The van der Waals surface area contributed by atoms with E-state index in [1.165, 1.54) is 62.9 Å². The van der Waals surface area contributed by atoms with E-state index in [9.17, 15) is 14.0 Å². The SMILES string of the molecule is CCCCCCCCOc1ccc(-c2ccc(C(=O)Oc3ccc(OC(C)C(=O)O)cc3)cc2F)cc1. The minimum atomic E-state index is -1.09. The second-order valence-corrected chi connectivity index (χ2v) is 8.79. The molecule has 0 aliphatic heterocycles. The second kappa shape index (κ2) is 14.0. The zero-order valence-electron chi connectivity index (χ0n) is 21.2. The molecule has 3 aromatic carbocycles. The average Bonchev–Trinajstić information content (AvgIpc) is 2.89. The number of esters is 1. The van der Waals surface area contributed by atoms with Crippen molar-refractivity contribution in [3.05, 3.63) is 78.1 Å². The van der Waals surface area contributed by atoms with Gasteiger partial charge < -0.3 is 19.3 Å². The van der Waals surface area contributed by atoms with E-state index in [1.54, 1.807) is 18.2 Å². The summed E-state index contributed by atoms with van der Waals surface area (Å²) in [5.41, 5.74) is 1.11. The summed E-state index contributed by atoms with van der Waals surface area (Å²) in [5.74, 6) is -1.05. The van der Waals surface area contributed by atoms with Crippen LogP contribution in [0.4, 0.5) is 4.39 Å². The molecule has 0 heterocycles. The van der Waals surface area contributed by atoms with Crippen LogP contribution in [-0.2, 0) is 4.79 Å². The van der Waals surface area contributed by atoms with Gasteiger partial charge in [0.05, 0.1) is 12.2 Å². The Hall–Kier alpha value is -3.87. The van der Waals surface area contributed by atoms with Gasteiger partial charge in [-0.1, -0.05) is 57.2 Å². The van der Waals surface area contributed by atoms with Crippen molar-refractivity contribution in [2.45, 2.75) is 58.5 Å². The van der Waals surface area contributed by atoms with Crippen molar-refractivity contribution in [3.63, 3.8) is 0 Å². The molecule has 0 saturated heterocycles. The number of rotatable bonds is 14. The molecule has 6 nitrogen and oxygen atoms in total. The maximum Gasteiger partial charge on any atom is 0.344 e. The van der Waals surface area contributed by atoms with Crippen LogP contribution < -0.4 is 14.2 Å². The summed E-state index contributed by atoms with van der Waals surface area (Å²) in [5, 5.41) is 8.91. The number of ether oxygens (including phenoxy) is 3. The molecule has 0 saturated carbocycles. The predicted octanol–water partition coefficient (Wildman–Crippen LogP) is 7.30. The Balaban J connectivity index is 1.53. The van der Waals surface area contributed by atoms with Gasteiger partial charge in [0.25, 0.3) is 0 Å². The number of carbonyl (C=O) groups is 2. The number of carboxylic acids is 1. The Morgan fingerprint density at radius 2 is 1.46 bits per heavy atom. The van der Waals surface area contributed by atoms with Crippen LogP contribution in [0.3, 0.4) is 0 Å². The molecule has 0 fully saturated rings. The Morgan fingerprint density at radius 3 is 2.11 bits per heavy atom. The standard InChI is InChI=1S/C30H33FO6/c1-3-4-5-6-7-8-19-35-24-12-9-22(10-13-24)27-18-11-23(20-28(27)31)30(34)37-26-16-14-25(15-17-26)36-21(2)29(32)33/h9-18,20-21H,3-8,19H2,1-2H3,(H,32,33). The minimum absolute atomic E-state index is 0.0694. The maximum absolute atomic E-state index is 14.8. The third-order valence-electron chi connectivity index (χ3n) is 5.83. The maximum atomic E-state index is 14.8. The highest BCUT2D eigenvalue weighted by molar-refractivity contribution is 5.91. The summed E-state index contributed by atoms with van der Waals surface area (Å²) in [7, 11) is 0. The van der Waals surface area contributed by atoms with E-state index in [1.807, 2.05) is 12.1 Å². The first-order chi connectivity index (χ1) is 17.9. The first-order valence-corrected chi connectivity index (χ1v) is 12.6. The molecule has 1 N–H and O–H groups in total. The van der Waals surface area contributed by atoms with Crippen molar-refractivity contribution in [2.75, 3.05) is 6.61 Å². The smallest absolute Gasteiger partial charge is 0.344 e. The number of unbranched alkanes of at least 4 members (excludes halogenated alkanes) is 5. The van der Waals surface area contributed by atoms with Crippen LogP contribution in [0.1, 0.15) is 62.7 Å². The number of hydrogen-bond acceptors (Lipinski definition) is 5. The van der Waals surface area contributed by atoms with Gasteiger partial charge in [-0.25, -0.2) is 14.0 Å². The van der Waals surface area contributed by atoms with Crippen LogP contribution in [0.2, 0.25) is 0 Å². The van der Waals surface area contributed by atoms with Crippen molar-refractivity contribution in [2.24, 2.45) is 0 Å². The number of carbonyl (C=O) groups excluding carboxylic acids is 1. The third kappa shape index (κ3) is 8.63. The van der Waals surface area contributed by atoms with Gasteiger partial charge in [-0.15, -0.1) is 0 Å². The average molecular weight is 509 g/mol. The monoisotopic (exact) mass is 508 g/mol. The molecule has 0 aromatic heterocycles. The Morgan fingerprint density at radius 1 is 0.838 bits per heavy atom. The van der Waals surface area contributed by atoms with Crippen LogP contribution in [0.5, 0.6) is 17.2 Å². The molecule has 1 unspecified atom stereocenters. The number of aliphatic carboxylic acids is 1. The van der Waals surface area contributed by atoms with E-state index in [4.69, 9.17) is 19.3 Å². The van der Waals surface area contributed by atoms with Crippen molar-refractivity contribution in [1.82, 2.24) is 0 Å². The summed E-state index contributed by atoms with van der Waals surface area (Å²) in [6.45, 7) is 4.27. The summed E-state index contributed by atoms with van der Waals surface area (Å²) in [6.07, 6.45) is 6.17. The fourth-order valence-electron chi connectivity index (χ4n) is 3.69. The topological polar surface area (TPSA) is 82.1 Å². The molecule has 3 rings (SSSR count). The molecule has 0 aliphatic carbocycles. The van der Waals surface area contributed by atoms with Crippen LogP contribution in [-0.4, -0.2) is 29.8 Å². The number of halogens is 1. The van der Waals surface area contributed by atoms with Gasteiger partial charge in [-0.2, -0.15) is 0 Å². The van der Waals surface area contributed by atoms with Gasteiger partial charge in [-0.05, 0) is 67.4 Å². The predicted molar refractivity (Wildman–Crippen MR) is 140 cm³/mol. The molecule has 1 atom stereocenters. The van der Waals surface area contributed by atoms with Crippen LogP contribution in [0.25, 0.3) is 11.1 Å². The fourth-order valence-corrected chi connectivity index (χ4v) is 3.69. The van der Waals surface area contributed by atoms with Crippen LogP contribution in [0.15, 0.2) is 66.7 Å². The first-order valence-electron chi connectivity index (χ1n) is 12.6. The summed E-state index contributed by atoms with van der Waals surface area (Å²) in [4.78, 5) is 23.4. The second-order valence-electron chi connectivity index (χ2n) is 8.79. The fraction of sp³-hybridized carbons (Fsp3) is 0.333. The quantitative estimate of drug-likeness (QED) is 0.140. The van der Waals surface area contributed by atoms with E-state index in [0.717, 1.165) is 24.7 Å². The van der Waals surface area contributed by atoms with Crippen molar-refractivity contribution < 1.29 is 33.3 Å². The lowest BCUT2D eigenvalue weighted by Gasteiger charge is -2.11. The molecule has 0 aliphatic rings. The van der Waals surface area contributed by atoms with Crippen molar-refractivity contribution >= 4 is 11.9 Å². The molecule has 0 amide bonds. The van der Waals surface area contributed by atoms with Crippen molar-refractivity contribution in [1.29, 1.82) is 0 Å². The van der Waals surface area contributed by atoms with Gasteiger partial charge in [-0.3, -0.25) is 0 Å². The Labute approximate surface area is 217 Å². The zero-order chi connectivity index (χ0) is 26.6. The molecule has 0 spiro atoms. The minimum Gasteiger partial charge on any atom is -0.494 e. The van der Waals surface area contributed by atoms with E-state index in [-0.39, 0.29) is 11.3 Å². The normalized spacial score (nSPS) is 11.5. The van der Waals surface area contributed by atoms with Gasteiger partial charge >= 0.3 is 11.9 Å². The van der Waals surface area contributed by atoms with E-state index in [2.05, 4.69) is 6.92 Å². The molecule has 37 heavy (non-hydrogen) atoms. The third-order valence-corrected chi connectivity index (χ3v) is 5.83. The lowest BCUT2D eigenvalue weighted by molar-refractivity contribution is -0.144. The molecular formula is C30H33FO6. The van der Waals surface area contributed by atoms with Crippen LogP contribution in [0, 0.1) is 5.82 Å². The summed E-state index contributed by atoms with van der Waals surface area (Å²) < 4.78 is 31.2. The molecule has 196 valence electrons. The number of benzene rings is 3. The number of hydrogen-bond donors (Lipinski definition) is 1. The van der Waals surface area contributed by atoms with E-state index in [0.29, 0.717) is 23.5 Å². The highest BCUT2D eigenvalue weighted by Gasteiger charge is 2.15. The first kappa shape index (κ1) is 27.7. The molecular weight excluding hydrogens is 475 g/mol. The lowest BCUT2D eigenvalue weighted by Crippen LogP contribution is -2.22. The number of carboxylic acid groups (broad SMARTS) is 1. The van der Waals surface area contributed by atoms with Gasteiger partial charge in [0.2, 0.25) is 0 Å². The largest absolute Gasteiger partial charge is 0.494 e. The van der Waals surface area contributed by atoms with Crippen molar-refractivity contribution in [3.8, 4) is 28.4 Å². The van der Waals surface area contributed by atoms with E-state index < -0.39 is 23.9 Å². The highest BCUT2D eigenvalue weighted by Crippen LogP contribution is 2.27. The molecule has 7 heteroatoms. The molecule has 0 bridgehead atoms. The zero-order valence-corrected chi connectivity index (χ0v) is 21.2. The van der Waals surface area contributed by atoms with E-state index >= 15 is 0 Å². The Kier molecular flexibility index (Phi) is 10.5. The molecule has 0 radical (unpaired) electrons. The van der Waals surface area contributed by atoms with Gasteiger partial charge in [0, 0.05) is 5.56 Å². The summed E-state index contributed by atoms with van der Waals surface area (Å²) in [6, 6.07) is 17.4. The summed E-state index contributed by atoms with van der Waals surface area (Å²) >= 11 is 0. The van der Waals surface area contributed by atoms with Crippen LogP contribution >= 0.6 is 0 Å². The lowest BCUT2D eigenvalue weighted by atomic mass is 10.0. The Bertz CT molecular complexity index is 1160. The molecule has 3 aromatic rings.